The summed E-state index contributed by atoms with van der Waals surface area (Å²) in [5, 5.41) is 9.60. The van der Waals surface area contributed by atoms with Gasteiger partial charge in [-0.3, -0.25) is 4.79 Å². The zero-order chi connectivity index (χ0) is 20.8. The zero-order valence-corrected chi connectivity index (χ0v) is 16.6. The molecule has 0 aromatic heterocycles. The predicted octanol–water partition coefficient (Wildman–Crippen LogP) is 1.74. The SMILES string of the molecule is C=CCOC(=O)N(C)C[C@@H]1Oc2c(N)cccc2C(=O)N([C@@H](C)CO)C[C@H]1C. The summed E-state index contributed by atoms with van der Waals surface area (Å²) in [7, 11) is 1.62. The lowest BCUT2D eigenvalue weighted by Gasteiger charge is -2.38. The van der Waals surface area contributed by atoms with Crippen LogP contribution in [0.15, 0.2) is 30.9 Å². The van der Waals surface area contributed by atoms with Crippen molar-refractivity contribution in [2.45, 2.75) is 26.0 Å². The van der Waals surface area contributed by atoms with Gasteiger partial charge in [-0.05, 0) is 19.1 Å². The maximum atomic E-state index is 13.0. The molecule has 3 atom stereocenters. The average molecular weight is 391 g/mol. The minimum Gasteiger partial charge on any atom is -0.485 e. The van der Waals surface area contributed by atoms with Gasteiger partial charge in [-0.15, -0.1) is 0 Å². The Morgan fingerprint density at radius 1 is 1.57 bits per heavy atom. The quantitative estimate of drug-likeness (QED) is 0.565. The molecule has 2 rings (SSSR count). The number of hydrogen-bond acceptors (Lipinski definition) is 6. The third-order valence-corrected chi connectivity index (χ3v) is 4.81. The number of nitrogens with two attached hydrogens (primary N) is 1. The molecule has 0 saturated heterocycles. The number of nitrogen functional groups attached to an aromatic ring is 1. The van der Waals surface area contributed by atoms with E-state index in [-0.39, 0.29) is 37.6 Å². The molecule has 154 valence electrons. The van der Waals surface area contributed by atoms with Crippen LogP contribution < -0.4 is 10.5 Å². The highest BCUT2D eigenvalue weighted by Crippen LogP contribution is 2.33. The highest BCUT2D eigenvalue weighted by molar-refractivity contribution is 5.99. The van der Waals surface area contributed by atoms with Gasteiger partial charge in [0, 0.05) is 19.5 Å². The number of anilines is 1. The first-order chi connectivity index (χ1) is 13.3. The van der Waals surface area contributed by atoms with E-state index in [4.69, 9.17) is 15.2 Å². The molecule has 1 aliphatic rings. The average Bonchev–Trinajstić information content (AvgIpc) is 2.68. The van der Waals surface area contributed by atoms with E-state index in [1.807, 2.05) is 6.92 Å². The number of carbonyl (C=O) groups excluding carboxylic acids is 2. The molecule has 1 aliphatic heterocycles. The molecule has 0 radical (unpaired) electrons. The first-order valence-electron chi connectivity index (χ1n) is 9.25. The number of aliphatic hydroxyl groups is 1. The van der Waals surface area contributed by atoms with E-state index in [1.165, 1.54) is 11.0 Å². The Bertz CT molecular complexity index is 724. The summed E-state index contributed by atoms with van der Waals surface area (Å²) in [6.45, 7) is 7.83. The number of fused-ring (bicyclic) bond motifs is 1. The van der Waals surface area contributed by atoms with Crippen LogP contribution in [0.2, 0.25) is 0 Å². The minimum atomic E-state index is -0.490. The van der Waals surface area contributed by atoms with Gasteiger partial charge in [0.2, 0.25) is 0 Å². The fourth-order valence-corrected chi connectivity index (χ4v) is 3.07. The number of aliphatic hydroxyl groups excluding tert-OH is 1. The van der Waals surface area contributed by atoms with E-state index >= 15 is 0 Å². The number of benzene rings is 1. The van der Waals surface area contributed by atoms with Crippen molar-refractivity contribution in [3.8, 4) is 5.75 Å². The molecule has 8 nitrogen and oxygen atoms in total. The molecule has 0 fully saturated rings. The summed E-state index contributed by atoms with van der Waals surface area (Å²) in [5.74, 6) is -0.0692. The summed E-state index contributed by atoms with van der Waals surface area (Å²) in [6, 6.07) is 4.64. The lowest BCUT2D eigenvalue weighted by Crippen LogP contribution is -2.50. The smallest absolute Gasteiger partial charge is 0.409 e. The van der Waals surface area contributed by atoms with Crippen molar-refractivity contribution in [1.29, 1.82) is 0 Å². The molecule has 0 saturated carbocycles. The molecule has 28 heavy (non-hydrogen) atoms. The van der Waals surface area contributed by atoms with E-state index in [0.29, 0.717) is 23.5 Å². The van der Waals surface area contributed by atoms with E-state index in [0.717, 1.165) is 0 Å². The fourth-order valence-electron chi connectivity index (χ4n) is 3.07. The monoisotopic (exact) mass is 391 g/mol. The Kier molecular flexibility index (Phi) is 7.28. The first kappa shape index (κ1) is 21.6. The Morgan fingerprint density at radius 2 is 2.29 bits per heavy atom. The van der Waals surface area contributed by atoms with Gasteiger partial charge in [0.25, 0.3) is 5.91 Å². The van der Waals surface area contributed by atoms with Crippen LogP contribution in [-0.2, 0) is 4.74 Å². The van der Waals surface area contributed by atoms with Crippen LogP contribution in [0.3, 0.4) is 0 Å². The molecule has 0 unspecified atom stereocenters. The summed E-state index contributed by atoms with van der Waals surface area (Å²) in [4.78, 5) is 28.2. The highest BCUT2D eigenvalue weighted by Gasteiger charge is 2.34. The second kappa shape index (κ2) is 9.45. The maximum Gasteiger partial charge on any atom is 0.409 e. The van der Waals surface area contributed by atoms with Crippen LogP contribution in [0.4, 0.5) is 10.5 Å². The second-order valence-electron chi connectivity index (χ2n) is 7.09. The van der Waals surface area contributed by atoms with Crippen molar-refractivity contribution in [2.24, 2.45) is 5.92 Å². The molecule has 8 heteroatoms. The van der Waals surface area contributed by atoms with Gasteiger partial charge in [-0.25, -0.2) is 4.79 Å². The molecule has 1 aromatic rings. The molecule has 1 aromatic carbocycles. The zero-order valence-electron chi connectivity index (χ0n) is 16.6. The van der Waals surface area contributed by atoms with Crippen LogP contribution >= 0.6 is 0 Å². The number of likely N-dealkylation sites (N-methyl/N-ethyl adjacent to an activating group) is 1. The van der Waals surface area contributed by atoms with Crippen molar-refractivity contribution in [2.75, 3.05) is 39.1 Å². The van der Waals surface area contributed by atoms with Crippen LogP contribution in [0.5, 0.6) is 5.75 Å². The van der Waals surface area contributed by atoms with Crippen molar-refractivity contribution in [3.05, 3.63) is 36.4 Å². The molecular formula is C20H29N3O5. The van der Waals surface area contributed by atoms with Crippen LogP contribution in [0, 0.1) is 5.92 Å². The number of nitrogens with zero attached hydrogens (tertiary/aromatic N) is 2. The predicted molar refractivity (Wildman–Crippen MR) is 106 cm³/mol. The van der Waals surface area contributed by atoms with Crippen LogP contribution in [0.25, 0.3) is 0 Å². The third-order valence-electron chi connectivity index (χ3n) is 4.81. The van der Waals surface area contributed by atoms with Crippen molar-refractivity contribution in [1.82, 2.24) is 9.80 Å². The van der Waals surface area contributed by atoms with E-state index in [1.54, 1.807) is 37.1 Å². The summed E-state index contributed by atoms with van der Waals surface area (Å²) >= 11 is 0. The number of rotatable bonds is 6. The molecular weight excluding hydrogens is 362 g/mol. The van der Waals surface area contributed by atoms with Gasteiger partial charge in [0.05, 0.1) is 30.4 Å². The lowest BCUT2D eigenvalue weighted by molar-refractivity contribution is 0.0333. The number of para-hydroxylation sites is 1. The standard InChI is InChI=1S/C20H29N3O5/c1-5-9-27-20(26)22(4)11-17-13(2)10-23(14(3)12-24)19(25)15-7-6-8-16(21)18(15)28-17/h5-8,13-14,17,24H,1,9-12,21H2,2-4H3/t13-,14+,17+/m1/s1. The number of carbonyl (C=O) groups is 2. The molecule has 0 aliphatic carbocycles. The Balaban J connectivity index is 2.34. The fraction of sp³-hybridized carbons (Fsp3) is 0.500. The van der Waals surface area contributed by atoms with E-state index < -0.39 is 12.2 Å². The van der Waals surface area contributed by atoms with Crippen LogP contribution in [0.1, 0.15) is 24.2 Å². The third kappa shape index (κ3) is 4.75. The van der Waals surface area contributed by atoms with Gasteiger partial charge in [0.15, 0.2) is 5.75 Å². The van der Waals surface area contributed by atoms with Crippen molar-refractivity contribution < 1.29 is 24.2 Å². The number of ether oxygens (including phenoxy) is 2. The first-order valence-corrected chi connectivity index (χ1v) is 9.25. The van der Waals surface area contributed by atoms with Gasteiger partial charge < -0.3 is 30.1 Å². The van der Waals surface area contributed by atoms with Gasteiger partial charge >= 0.3 is 6.09 Å². The molecule has 3 N–H and O–H groups in total. The summed E-state index contributed by atoms with van der Waals surface area (Å²) in [6.07, 6.45) is 0.583. The van der Waals surface area contributed by atoms with E-state index in [2.05, 4.69) is 6.58 Å². The van der Waals surface area contributed by atoms with Crippen LogP contribution in [-0.4, -0.2) is 72.4 Å². The minimum absolute atomic E-state index is 0.121. The Labute approximate surface area is 165 Å². The number of amides is 2. The van der Waals surface area contributed by atoms with Gasteiger partial charge in [-0.1, -0.05) is 25.6 Å². The van der Waals surface area contributed by atoms with Gasteiger partial charge in [-0.2, -0.15) is 0 Å². The van der Waals surface area contributed by atoms with Gasteiger partial charge in [0.1, 0.15) is 12.7 Å². The maximum absolute atomic E-state index is 13.0. The van der Waals surface area contributed by atoms with E-state index in [9.17, 15) is 14.7 Å². The topological polar surface area (TPSA) is 105 Å². The Hall–Kier alpha value is -2.74. The highest BCUT2D eigenvalue weighted by atomic mass is 16.6. The molecule has 0 bridgehead atoms. The van der Waals surface area contributed by atoms with Crippen molar-refractivity contribution >= 4 is 17.7 Å². The Morgan fingerprint density at radius 3 is 2.93 bits per heavy atom. The number of hydrogen-bond donors (Lipinski definition) is 2. The van der Waals surface area contributed by atoms with Crippen molar-refractivity contribution in [3.63, 3.8) is 0 Å². The largest absolute Gasteiger partial charge is 0.485 e. The molecule has 0 spiro atoms. The molecule has 1 heterocycles. The summed E-state index contributed by atoms with van der Waals surface area (Å²) in [5.41, 5.74) is 6.77. The lowest BCUT2D eigenvalue weighted by atomic mass is 9.99. The molecule has 2 amide bonds. The summed E-state index contributed by atoms with van der Waals surface area (Å²) < 4.78 is 11.2. The second-order valence-corrected chi connectivity index (χ2v) is 7.09. The normalized spacial score (nSPS) is 20.3.